The quantitative estimate of drug-likeness (QED) is 0.807. The number of methoxy groups -OCH3 is 1. The minimum Gasteiger partial charge on any atom is -0.496 e. The van der Waals surface area contributed by atoms with Crippen molar-refractivity contribution in [3.8, 4) is 5.75 Å². The second-order valence-corrected chi connectivity index (χ2v) is 8.23. The van der Waals surface area contributed by atoms with Crippen molar-refractivity contribution in [1.82, 2.24) is 9.21 Å². The molecule has 7 heteroatoms. The summed E-state index contributed by atoms with van der Waals surface area (Å²) in [7, 11) is 1.75. The molecule has 0 aromatic heterocycles. The second-order valence-electron chi connectivity index (χ2n) is 5.38. The number of nitrogens with zero attached hydrogens (tertiary/aromatic N) is 2. The van der Waals surface area contributed by atoms with Gasteiger partial charge in [0.25, 0.3) is 0 Å². The van der Waals surface area contributed by atoms with Crippen LogP contribution in [0.15, 0.2) is 27.6 Å². The van der Waals surface area contributed by atoms with Crippen LogP contribution in [-0.4, -0.2) is 58.0 Å². The molecule has 1 saturated heterocycles. The third-order valence-corrected chi connectivity index (χ3v) is 6.44. The van der Waals surface area contributed by atoms with E-state index < -0.39 is 10.0 Å². The van der Waals surface area contributed by atoms with E-state index >= 15 is 0 Å². The lowest BCUT2D eigenvalue weighted by molar-refractivity contribution is 0.187. The van der Waals surface area contributed by atoms with Crippen LogP contribution in [-0.2, 0) is 10.0 Å². The number of halogens is 1. The van der Waals surface area contributed by atoms with Crippen LogP contribution in [0.3, 0.4) is 0 Å². The van der Waals surface area contributed by atoms with E-state index in [1.165, 1.54) is 4.31 Å². The van der Waals surface area contributed by atoms with Gasteiger partial charge in [-0.3, -0.25) is 0 Å². The van der Waals surface area contributed by atoms with Crippen LogP contribution >= 0.6 is 15.9 Å². The number of ether oxygens (including phenoxy) is 1. The first kappa shape index (κ1) is 16.7. The van der Waals surface area contributed by atoms with Gasteiger partial charge in [0.1, 0.15) is 5.75 Å². The number of hydrogen-bond donors (Lipinski definition) is 0. The largest absolute Gasteiger partial charge is 0.496 e. The lowest BCUT2D eigenvalue weighted by Crippen LogP contribution is -2.47. The summed E-state index contributed by atoms with van der Waals surface area (Å²) in [4.78, 5) is 2.45. The van der Waals surface area contributed by atoms with Crippen LogP contribution in [0.2, 0.25) is 0 Å². The van der Waals surface area contributed by atoms with E-state index in [2.05, 4.69) is 20.8 Å². The molecule has 1 aliphatic rings. The zero-order chi connectivity index (χ0) is 15.6. The minimum absolute atomic E-state index is 0.0228. The van der Waals surface area contributed by atoms with Crippen LogP contribution in [0.5, 0.6) is 5.75 Å². The Labute approximate surface area is 135 Å². The Morgan fingerprint density at radius 2 is 2.14 bits per heavy atom. The minimum atomic E-state index is -3.49. The topological polar surface area (TPSA) is 49.9 Å². The molecule has 0 spiro atoms. The summed E-state index contributed by atoms with van der Waals surface area (Å²) in [6.07, 6.45) is 1.92. The van der Waals surface area contributed by atoms with Gasteiger partial charge in [-0.05, 0) is 60.6 Å². The summed E-state index contributed by atoms with van der Waals surface area (Å²) in [5.74, 6) is 0.619. The van der Waals surface area contributed by atoms with Crippen LogP contribution in [0, 0.1) is 0 Å². The predicted molar refractivity (Wildman–Crippen MR) is 86.2 cm³/mol. The molecular formula is C14H21BrN2O3S. The Morgan fingerprint density at radius 3 is 2.71 bits per heavy atom. The fraction of sp³-hybridized carbons (Fsp3) is 0.571. The maximum Gasteiger partial charge on any atom is 0.243 e. The summed E-state index contributed by atoms with van der Waals surface area (Å²) < 4.78 is 32.7. The van der Waals surface area contributed by atoms with Gasteiger partial charge in [-0.25, -0.2) is 8.42 Å². The average molecular weight is 377 g/mol. The normalized spacial score (nSPS) is 20.7. The molecule has 21 heavy (non-hydrogen) atoms. The molecule has 1 aromatic rings. The second kappa shape index (κ2) is 6.64. The molecule has 0 amide bonds. The van der Waals surface area contributed by atoms with Gasteiger partial charge in [-0.2, -0.15) is 4.31 Å². The summed E-state index contributed by atoms with van der Waals surface area (Å²) in [5, 5.41) is 0. The maximum atomic E-state index is 12.7. The summed E-state index contributed by atoms with van der Waals surface area (Å²) in [5.41, 5.74) is 0. The first-order valence-electron chi connectivity index (χ1n) is 6.86. The monoisotopic (exact) mass is 376 g/mol. The molecule has 2 rings (SSSR count). The van der Waals surface area contributed by atoms with E-state index in [0.29, 0.717) is 10.2 Å². The smallest absolute Gasteiger partial charge is 0.243 e. The Balaban J connectivity index is 2.26. The Morgan fingerprint density at radius 1 is 1.43 bits per heavy atom. The maximum absolute atomic E-state index is 12.7. The highest BCUT2D eigenvalue weighted by Gasteiger charge is 2.30. The highest BCUT2D eigenvalue weighted by molar-refractivity contribution is 9.10. The molecule has 1 unspecified atom stereocenters. The molecule has 1 heterocycles. The highest BCUT2D eigenvalue weighted by Crippen LogP contribution is 2.29. The lowest BCUT2D eigenvalue weighted by Gasteiger charge is -2.35. The number of piperidine rings is 1. The number of likely N-dealkylation sites (N-methyl/N-ethyl adjacent to an activating group) is 2. The number of likely N-dealkylation sites (tertiary alicyclic amines) is 1. The van der Waals surface area contributed by atoms with Gasteiger partial charge in [-0.15, -0.1) is 0 Å². The SMILES string of the molecule is COc1ccc(S(=O)(=O)N(C)C2CCCN(C)C2)cc1Br. The van der Waals surface area contributed by atoms with Gasteiger partial charge in [-0.1, -0.05) is 0 Å². The van der Waals surface area contributed by atoms with Crippen molar-refractivity contribution in [3.63, 3.8) is 0 Å². The zero-order valence-corrected chi connectivity index (χ0v) is 14.9. The van der Waals surface area contributed by atoms with E-state index in [-0.39, 0.29) is 10.9 Å². The van der Waals surface area contributed by atoms with Crippen LogP contribution < -0.4 is 4.74 Å². The molecule has 0 radical (unpaired) electrons. The van der Waals surface area contributed by atoms with E-state index in [9.17, 15) is 8.42 Å². The molecule has 0 saturated carbocycles. The van der Waals surface area contributed by atoms with E-state index in [1.54, 1.807) is 32.4 Å². The lowest BCUT2D eigenvalue weighted by atomic mass is 10.1. The molecule has 0 bridgehead atoms. The van der Waals surface area contributed by atoms with Crippen molar-refractivity contribution in [2.24, 2.45) is 0 Å². The van der Waals surface area contributed by atoms with Crippen molar-refractivity contribution in [2.75, 3.05) is 34.3 Å². The fourth-order valence-corrected chi connectivity index (χ4v) is 4.70. The third kappa shape index (κ3) is 3.59. The van der Waals surface area contributed by atoms with Crippen molar-refractivity contribution < 1.29 is 13.2 Å². The van der Waals surface area contributed by atoms with Crippen molar-refractivity contribution in [2.45, 2.75) is 23.8 Å². The highest BCUT2D eigenvalue weighted by atomic mass is 79.9. The van der Waals surface area contributed by atoms with Gasteiger partial charge in [0.15, 0.2) is 0 Å². The molecule has 0 N–H and O–H groups in total. The number of benzene rings is 1. The van der Waals surface area contributed by atoms with Crippen LogP contribution in [0.4, 0.5) is 0 Å². The zero-order valence-electron chi connectivity index (χ0n) is 12.5. The first-order valence-corrected chi connectivity index (χ1v) is 9.09. The molecule has 1 atom stereocenters. The molecule has 118 valence electrons. The summed E-state index contributed by atoms with van der Waals surface area (Å²) in [6.45, 7) is 1.80. The van der Waals surface area contributed by atoms with Crippen molar-refractivity contribution >= 4 is 26.0 Å². The third-order valence-electron chi connectivity index (χ3n) is 3.91. The van der Waals surface area contributed by atoms with Crippen LogP contribution in [0.25, 0.3) is 0 Å². The molecule has 1 aliphatic heterocycles. The van der Waals surface area contributed by atoms with Crippen molar-refractivity contribution in [3.05, 3.63) is 22.7 Å². The van der Waals surface area contributed by atoms with Gasteiger partial charge < -0.3 is 9.64 Å². The summed E-state index contributed by atoms with van der Waals surface area (Å²) in [6, 6.07) is 4.87. The van der Waals surface area contributed by atoms with Gasteiger partial charge in [0.2, 0.25) is 10.0 Å². The molecular weight excluding hydrogens is 356 g/mol. The Kier molecular flexibility index (Phi) is 5.29. The average Bonchev–Trinajstić information content (AvgIpc) is 2.46. The van der Waals surface area contributed by atoms with Gasteiger partial charge in [0.05, 0.1) is 16.5 Å². The molecule has 1 aromatic carbocycles. The van der Waals surface area contributed by atoms with E-state index in [0.717, 1.165) is 25.9 Å². The van der Waals surface area contributed by atoms with E-state index in [1.807, 2.05) is 7.05 Å². The first-order chi connectivity index (χ1) is 9.86. The Bertz CT molecular complexity index is 606. The standard InChI is InChI=1S/C14H21BrN2O3S/c1-16-8-4-5-11(10-16)17(2)21(18,19)12-6-7-14(20-3)13(15)9-12/h6-7,9,11H,4-5,8,10H2,1-3H3. The van der Waals surface area contributed by atoms with E-state index in [4.69, 9.17) is 4.74 Å². The van der Waals surface area contributed by atoms with Crippen LogP contribution in [0.1, 0.15) is 12.8 Å². The summed E-state index contributed by atoms with van der Waals surface area (Å²) >= 11 is 3.34. The molecule has 0 aliphatic carbocycles. The molecule has 1 fully saturated rings. The molecule has 5 nitrogen and oxygen atoms in total. The number of hydrogen-bond acceptors (Lipinski definition) is 4. The number of rotatable bonds is 4. The fourth-order valence-electron chi connectivity index (χ4n) is 2.61. The predicted octanol–water partition coefficient (Wildman–Crippen LogP) is 2.17. The van der Waals surface area contributed by atoms with Gasteiger partial charge in [0, 0.05) is 19.6 Å². The number of sulfonamides is 1. The van der Waals surface area contributed by atoms with Crippen molar-refractivity contribution in [1.29, 1.82) is 0 Å². The van der Waals surface area contributed by atoms with Gasteiger partial charge >= 0.3 is 0 Å². The Hall–Kier alpha value is -0.630.